The second kappa shape index (κ2) is 5.78. The minimum absolute atomic E-state index is 0.0425. The van der Waals surface area contributed by atoms with Crippen molar-refractivity contribution < 1.29 is 8.78 Å². The largest absolute Gasteiger partial charge is 0.343 e. The Morgan fingerprint density at radius 3 is 2.65 bits per heavy atom. The lowest BCUT2D eigenvalue weighted by Gasteiger charge is -2.22. The van der Waals surface area contributed by atoms with Gasteiger partial charge in [-0.15, -0.1) is 0 Å². The Kier molecular flexibility index (Phi) is 3.80. The highest BCUT2D eigenvalue weighted by Gasteiger charge is 2.16. The van der Waals surface area contributed by atoms with E-state index in [-0.39, 0.29) is 10.6 Å². The highest BCUT2D eigenvalue weighted by molar-refractivity contribution is 6.31. The molecule has 0 aliphatic carbocycles. The summed E-state index contributed by atoms with van der Waals surface area (Å²) in [6.45, 7) is 0. The first-order valence-electron chi connectivity index (χ1n) is 6.54. The van der Waals surface area contributed by atoms with E-state index in [9.17, 15) is 14.0 Å². The van der Waals surface area contributed by atoms with Crippen LogP contribution in [-0.2, 0) is 0 Å². The van der Waals surface area contributed by atoms with Crippen molar-refractivity contribution in [2.45, 2.75) is 0 Å². The van der Waals surface area contributed by atoms with Gasteiger partial charge in [0.15, 0.2) is 0 Å². The summed E-state index contributed by atoms with van der Waals surface area (Å²) in [6, 6.07) is 7.42. The number of rotatable bonds is 2. The SMILES string of the molecule is CN(c1ccc(F)c(Cl)c1)c1c(C#N)cnc2cnc(F)cc12. The summed E-state index contributed by atoms with van der Waals surface area (Å²) >= 11 is 5.81. The highest BCUT2D eigenvalue weighted by Crippen LogP contribution is 2.34. The molecule has 0 fully saturated rings. The van der Waals surface area contributed by atoms with Crippen molar-refractivity contribution >= 4 is 33.9 Å². The van der Waals surface area contributed by atoms with E-state index in [4.69, 9.17) is 11.6 Å². The van der Waals surface area contributed by atoms with Gasteiger partial charge in [-0.05, 0) is 18.2 Å². The summed E-state index contributed by atoms with van der Waals surface area (Å²) < 4.78 is 26.9. The maximum absolute atomic E-state index is 13.5. The Morgan fingerprint density at radius 2 is 1.96 bits per heavy atom. The van der Waals surface area contributed by atoms with Gasteiger partial charge in [0, 0.05) is 30.4 Å². The van der Waals surface area contributed by atoms with Crippen LogP contribution >= 0.6 is 11.6 Å². The van der Waals surface area contributed by atoms with Crippen LogP contribution in [-0.4, -0.2) is 17.0 Å². The predicted molar refractivity (Wildman–Crippen MR) is 83.7 cm³/mol. The molecule has 7 heteroatoms. The Hall–Kier alpha value is -2.78. The maximum atomic E-state index is 13.5. The number of benzene rings is 1. The number of anilines is 2. The Balaban J connectivity index is 2.26. The maximum Gasteiger partial charge on any atom is 0.213 e. The van der Waals surface area contributed by atoms with Crippen LogP contribution < -0.4 is 4.90 Å². The van der Waals surface area contributed by atoms with Gasteiger partial charge in [0.05, 0.1) is 28.0 Å². The molecule has 2 aromatic heterocycles. The van der Waals surface area contributed by atoms with Crippen LogP contribution in [0.5, 0.6) is 0 Å². The average Bonchev–Trinajstić information content (AvgIpc) is 2.55. The predicted octanol–water partition coefficient (Wildman–Crippen LogP) is 4.20. The van der Waals surface area contributed by atoms with Gasteiger partial charge in [-0.3, -0.25) is 4.98 Å². The van der Waals surface area contributed by atoms with E-state index >= 15 is 0 Å². The van der Waals surface area contributed by atoms with Crippen LogP contribution in [0.2, 0.25) is 5.02 Å². The van der Waals surface area contributed by atoms with E-state index in [0.29, 0.717) is 22.3 Å². The zero-order valence-corrected chi connectivity index (χ0v) is 12.6. The minimum Gasteiger partial charge on any atom is -0.343 e. The van der Waals surface area contributed by atoms with Gasteiger partial charge < -0.3 is 4.90 Å². The lowest BCUT2D eigenvalue weighted by atomic mass is 10.1. The topological polar surface area (TPSA) is 52.8 Å². The molecule has 2 heterocycles. The van der Waals surface area contributed by atoms with E-state index < -0.39 is 11.8 Å². The molecule has 0 aliphatic rings. The van der Waals surface area contributed by atoms with Crippen molar-refractivity contribution in [3.63, 3.8) is 0 Å². The van der Waals surface area contributed by atoms with E-state index in [0.717, 1.165) is 0 Å². The molecule has 0 unspecified atom stereocenters. The Labute approximate surface area is 135 Å². The third kappa shape index (κ3) is 2.67. The molecule has 0 radical (unpaired) electrons. The van der Waals surface area contributed by atoms with Crippen molar-refractivity contribution in [1.29, 1.82) is 5.26 Å². The molecule has 3 aromatic rings. The third-order valence-electron chi connectivity index (χ3n) is 3.44. The smallest absolute Gasteiger partial charge is 0.213 e. The average molecular weight is 331 g/mol. The van der Waals surface area contributed by atoms with Crippen LogP contribution in [0.3, 0.4) is 0 Å². The van der Waals surface area contributed by atoms with Gasteiger partial charge in [-0.25, -0.2) is 9.37 Å². The first-order valence-corrected chi connectivity index (χ1v) is 6.92. The van der Waals surface area contributed by atoms with Gasteiger partial charge in [0.2, 0.25) is 5.95 Å². The number of hydrogen-bond donors (Lipinski definition) is 0. The molecule has 23 heavy (non-hydrogen) atoms. The number of fused-ring (bicyclic) bond motifs is 1. The van der Waals surface area contributed by atoms with Crippen LogP contribution in [0.4, 0.5) is 20.2 Å². The highest BCUT2D eigenvalue weighted by atomic mass is 35.5. The van der Waals surface area contributed by atoms with Crippen molar-refractivity contribution in [2.75, 3.05) is 11.9 Å². The Morgan fingerprint density at radius 1 is 1.17 bits per heavy atom. The molecule has 0 aliphatic heterocycles. The summed E-state index contributed by atoms with van der Waals surface area (Å²) in [5.41, 5.74) is 1.70. The number of nitriles is 1. The summed E-state index contributed by atoms with van der Waals surface area (Å²) in [5, 5.41) is 9.72. The molecule has 4 nitrogen and oxygen atoms in total. The second-order valence-electron chi connectivity index (χ2n) is 4.81. The standard InChI is InChI=1S/C16H9ClF2N4/c1-23(10-2-3-13(18)12(17)4-10)16-9(6-20)7-21-14-8-22-15(19)5-11(14)16/h2-5,7-8H,1H3. The number of hydrogen-bond acceptors (Lipinski definition) is 4. The Bertz CT molecular complexity index is 953. The summed E-state index contributed by atoms with van der Waals surface area (Å²) in [4.78, 5) is 9.29. The molecule has 3 rings (SSSR count). The van der Waals surface area contributed by atoms with Crippen molar-refractivity contribution in [3.05, 3.63) is 59.0 Å². The lowest BCUT2D eigenvalue weighted by Crippen LogP contribution is -2.12. The van der Waals surface area contributed by atoms with E-state index in [1.165, 1.54) is 36.7 Å². The number of nitrogens with zero attached hydrogens (tertiary/aromatic N) is 4. The van der Waals surface area contributed by atoms with Gasteiger partial charge >= 0.3 is 0 Å². The fourth-order valence-corrected chi connectivity index (χ4v) is 2.50. The zero-order chi connectivity index (χ0) is 16.6. The molecule has 0 N–H and O–H groups in total. The fraction of sp³-hybridized carbons (Fsp3) is 0.0625. The molecule has 0 spiro atoms. The van der Waals surface area contributed by atoms with Gasteiger partial charge in [0.25, 0.3) is 0 Å². The van der Waals surface area contributed by atoms with Gasteiger partial charge in [-0.1, -0.05) is 11.6 Å². The summed E-state index contributed by atoms with van der Waals surface area (Å²) in [6.07, 6.45) is 2.68. The molecule has 0 atom stereocenters. The minimum atomic E-state index is -0.679. The molecule has 0 saturated heterocycles. The van der Waals surface area contributed by atoms with E-state index in [2.05, 4.69) is 9.97 Å². The molecule has 0 bridgehead atoms. The fourth-order valence-electron chi connectivity index (χ4n) is 2.32. The van der Waals surface area contributed by atoms with Crippen molar-refractivity contribution in [2.24, 2.45) is 0 Å². The molecular weight excluding hydrogens is 322 g/mol. The van der Waals surface area contributed by atoms with Crippen LogP contribution in [0.15, 0.2) is 36.7 Å². The van der Waals surface area contributed by atoms with Crippen molar-refractivity contribution in [1.82, 2.24) is 9.97 Å². The quantitative estimate of drug-likeness (QED) is 0.661. The molecule has 0 amide bonds. The number of pyridine rings is 2. The molecule has 1 aromatic carbocycles. The summed E-state index contributed by atoms with van der Waals surface area (Å²) in [7, 11) is 1.68. The normalized spacial score (nSPS) is 10.6. The van der Waals surface area contributed by atoms with Gasteiger partial charge in [0.1, 0.15) is 11.9 Å². The first-order chi connectivity index (χ1) is 11.0. The van der Waals surface area contributed by atoms with E-state index in [1.54, 1.807) is 11.9 Å². The second-order valence-corrected chi connectivity index (χ2v) is 5.22. The van der Waals surface area contributed by atoms with Crippen LogP contribution in [0.25, 0.3) is 10.9 Å². The van der Waals surface area contributed by atoms with Crippen LogP contribution in [0.1, 0.15) is 5.56 Å². The molecular formula is C16H9ClF2N4. The van der Waals surface area contributed by atoms with Crippen molar-refractivity contribution in [3.8, 4) is 6.07 Å². The molecule has 114 valence electrons. The monoisotopic (exact) mass is 330 g/mol. The zero-order valence-electron chi connectivity index (χ0n) is 11.9. The number of halogens is 3. The molecule has 0 saturated carbocycles. The third-order valence-corrected chi connectivity index (χ3v) is 3.73. The summed E-state index contributed by atoms with van der Waals surface area (Å²) in [5.74, 6) is -1.22. The van der Waals surface area contributed by atoms with E-state index in [1.807, 2.05) is 6.07 Å². The number of aromatic nitrogens is 2. The first kappa shape index (κ1) is 15.1. The van der Waals surface area contributed by atoms with Gasteiger partial charge in [-0.2, -0.15) is 9.65 Å². The lowest BCUT2D eigenvalue weighted by molar-refractivity contribution is 0.586. The van der Waals surface area contributed by atoms with Crippen LogP contribution in [0, 0.1) is 23.1 Å².